The van der Waals surface area contributed by atoms with Gasteiger partial charge in [0.15, 0.2) is 0 Å². The largest absolute Gasteiger partial charge is 0.496 e. The van der Waals surface area contributed by atoms with Crippen molar-refractivity contribution >= 4 is 5.91 Å². The lowest BCUT2D eigenvalue weighted by atomic mass is 10.1. The van der Waals surface area contributed by atoms with E-state index < -0.39 is 0 Å². The monoisotopic (exact) mass is 344 g/mol. The SMILES string of the molecule is COc1cccc(OC)c1C(=O)N1CCCC1c1cc(C(C)C)on1. The van der Waals surface area contributed by atoms with Gasteiger partial charge in [0.1, 0.15) is 28.5 Å². The molecule has 0 saturated carbocycles. The van der Waals surface area contributed by atoms with Gasteiger partial charge < -0.3 is 18.9 Å². The number of hydrogen-bond donors (Lipinski definition) is 0. The van der Waals surface area contributed by atoms with Gasteiger partial charge in [0.05, 0.1) is 20.3 Å². The lowest BCUT2D eigenvalue weighted by molar-refractivity contribution is 0.0723. The molecule has 1 unspecified atom stereocenters. The van der Waals surface area contributed by atoms with Crippen LogP contribution in [0.5, 0.6) is 11.5 Å². The lowest BCUT2D eigenvalue weighted by Crippen LogP contribution is -2.31. The molecule has 2 heterocycles. The molecule has 6 nitrogen and oxygen atoms in total. The molecule has 1 amide bonds. The zero-order valence-electron chi connectivity index (χ0n) is 15.1. The first-order chi connectivity index (χ1) is 12.1. The second-order valence-corrected chi connectivity index (χ2v) is 6.50. The molecule has 0 N–H and O–H groups in total. The fourth-order valence-electron chi connectivity index (χ4n) is 3.26. The fourth-order valence-corrected chi connectivity index (χ4v) is 3.26. The van der Waals surface area contributed by atoms with Gasteiger partial charge in [-0.1, -0.05) is 25.1 Å². The Labute approximate surface area is 147 Å². The maximum Gasteiger partial charge on any atom is 0.261 e. The highest BCUT2D eigenvalue weighted by molar-refractivity contribution is 6.00. The smallest absolute Gasteiger partial charge is 0.261 e. The average molecular weight is 344 g/mol. The number of amides is 1. The third-order valence-electron chi connectivity index (χ3n) is 4.61. The molecular weight excluding hydrogens is 320 g/mol. The zero-order valence-corrected chi connectivity index (χ0v) is 15.1. The highest BCUT2D eigenvalue weighted by Gasteiger charge is 2.35. The van der Waals surface area contributed by atoms with Gasteiger partial charge >= 0.3 is 0 Å². The van der Waals surface area contributed by atoms with Crippen LogP contribution in [0.25, 0.3) is 0 Å². The molecule has 25 heavy (non-hydrogen) atoms. The molecule has 6 heteroatoms. The van der Waals surface area contributed by atoms with Crippen molar-refractivity contribution in [2.45, 2.75) is 38.6 Å². The quantitative estimate of drug-likeness (QED) is 0.825. The minimum atomic E-state index is -0.106. The number of hydrogen-bond acceptors (Lipinski definition) is 5. The average Bonchev–Trinajstić information content (AvgIpc) is 3.28. The predicted molar refractivity (Wildman–Crippen MR) is 93.1 cm³/mol. The molecule has 0 radical (unpaired) electrons. The molecule has 1 saturated heterocycles. The molecule has 0 aliphatic carbocycles. The van der Waals surface area contributed by atoms with Crippen molar-refractivity contribution in [2.24, 2.45) is 0 Å². The first-order valence-corrected chi connectivity index (χ1v) is 8.55. The molecule has 0 bridgehead atoms. The Balaban J connectivity index is 1.93. The summed E-state index contributed by atoms with van der Waals surface area (Å²) in [7, 11) is 3.11. The van der Waals surface area contributed by atoms with Crippen molar-refractivity contribution < 1.29 is 18.8 Å². The Morgan fingerprint density at radius 3 is 2.52 bits per heavy atom. The van der Waals surface area contributed by atoms with E-state index in [1.54, 1.807) is 26.4 Å². The summed E-state index contributed by atoms with van der Waals surface area (Å²) in [6.45, 7) is 4.79. The van der Waals surface area contributed by atoms with E-state index in [0.29, 0.717) is 23.6 Å². The Morgan fingerprint density at radius 1 is 1.28 bits per heavy atom. The number of likely N-dealkylation sites (tertiary alicyclic amines) is 1. The minimum Gasteiger partial charge on any atom is -0.496 e. The number of carbonyl (C=O) groups excluding carboxylic acids is 1. The summed E-state index contributed by atoms with van der Waals surface area (Å²) in [5, 5.41) is 4.20. The first kappa shape index (κ1) is 17.3. The molecule has 2 aromatic rings. The molecular formula is C19H24N2O4. The van der Waals surface area contributed by atoms with Gasteiger partial charge in [0, 0.05) is 18.5 Å². The molecule has 1 aliphatic rings. The van der Waals surface area contributed by atoms with Gasteiger partial charge in [0.2, 0.25) is 0 Å². The summed E-state index contributed by atoms with van der Waals surface area (Å²) in [6.07, 6.45) is 1.80. The lowest BCUT2D eigenvalue weighted by Gasteiger charge is -2.24. The number of nitrogens with zero attached hydrogens (tertiary/aromatic N) is 2. The van der Waals surface area contributed by atoms with Crippen LogP contribution in [-0.4, -0.2) is 36.7 Å². The van der Waals surface area contributed by atoms with E-state index in [2.05, 4.69) is 19.0 Å². The van der Waals surface area contributed by atoms with Crippen LogP contribution >= 0.6 is 0 Å². The molecule has 0 spiro atoms. The molecule has 134 valence electrons. The van der Waals surface area contributed by atoms with Crippen LogP contribution in [0.3, 0.4) is 0 Å². The van der Waals surface area contributed by atoms with E-state index >= 15 is 0 Å². The molecule has 1 fully saturated rings. The Morgan fingerprint density at radius 2 is 1.96 bits per heavy atom. The molecule has 1 aromatic carbocycles. The number of carbonyl (C=O) groups is 1. The highest BCUT2D eigenvalue weighted by atomic mass is 16.5. The predicted octanol–water partition coefficient (Wildman–Crippen LogP) is 3.79. The van der Waals surface area contributed by atoms with Crippen LogP contribution < -0.4 is 9.47 Å². The van der Waals surface area contributed by atoms with Gasteiger partial charge in [-0.05, 0) is 25.0 Å². The van der Waals surface area contributed by atoms with Crippen LogP contribution in [0.15, 0.2) is 28.8 Å². The van der Waals surface area contributed by atoms with Crippen LogP contribution in [0.1, 0.15) is 60.5 Å². The first-order valence-electron chi connectivity index (χ1n) is 8.55. The molecule has 1 aliphatic heterocycles. The van der Waals surface area contributed by atoms with E-state index in [0.717, 1.165) is 24.3 Å². The third-order valence-corrected chi connectivity index (χ3v) is 4.61. The van der Waals surface area contributed by atoms with Crippen molar-refractivity contribution in [2.75, 3.05) is 20.8 Å². The van der Waals surface area contributed by atoms with E-state index in [-0.39, 0.29) is 17.9 Å². The van der Waals surface area contributed by atoms with Gasteiger partial charge in [-0.2, -0.15) is 0 Å². The second-order valence-electron chi connectivity index (χ2n) is 6.50. The van der Waals surface area contributed by atoms with Crippen LogP contribution in [0.2, 0.25) is 0 Å². The van der Waals surface area contributed by atoms with Crippen molar-refractivity contribution in [3.05, 3.63) is 41.3 Å². The van der Waals surface area contributed by atoms with Crippen LogP contribution in [0.4, 0.5) is 0 Å². The number of ether oxygens (including phenoxy) is 2. The number of methoxy groups -OCH3 is 2. The van der Waals surface area contributed by atoms with Crippen molar-refractivity contribution in [1.29, 1.82) is 0 Å². The van der Waals surface area contributed by atoms with E-state index in [1.165, 1.54) is 0 Å². The summed E-state index contributed by atoms with van der Waals surface area (Å²) in [6, 6.07) is 7.23. The van der Waals surface area contributed by atoms with E-state index in [1.807, 2.05) is 17.0 Å². The van der Waals surface area contributed by atoms with Crippen molar-refractivity contribution in [3.8, 4) is 11.5 Å². The number of benzene rings is 1. The maximum absolute atomic E-state index is 13.2. The highest BCUT2D eigenvalue weighted by Crippen LogP contribution is 2.37. The maximum atomic E-state index is 13.2. The summed E-state index contributed by atoms with van der Waals surface area (Å²) < 4.78 is 16.2. The van der Waals surface area contributed by atoms with Gasteiger partial charge in [0.25, 0.3) is 5.91 Å². The van der Waals surface area contributed by atoms with Crippen molar-refractivity contribution in [1.82, 2.24) is 10.1 Å². The standard InChI is InChI=1S/C19H24N2O4/c1-12(2)17-11-13(20-25-17)14-7-6-10-21(14)19(22)18-15(23-3)8-5-9-16(18)24-4/h5,8-9,11-12,14H,6-7,10H2,1-4H3. The Hall–Kier alpha value is -2.50. The van der Waals surface area contributed by atoms with Crippen molar-refractivity contribution in [3.63, 3.8) is 0 Å². The number of aromatic nitrogens is 1. The van der Waals surface area contributed by atoms with Gasteiger partial charge in [-0.25, -0.2) is 0 Å². The Bertz CT molecular complexity index is 731. The number of rotatable bonds is 5. The normalized spacial score (nSPS) is 17.2. The van der Waals surface area contributed by atoms with E-state index in [4.69, 9.17) is 14.0 Å². The van der Waals surface area contributed by atoms with Crippen LogP contribution in [-0.2, 0) is 0 Å². The molecule has 1 aromatic heterocycles. The van der Waals surface area contributed by atoms with Crippen LogP contribution in [0, 0.1) is 0 Å². The fraction of sp³-hybridized carbons (Fsp3) is 0.474. The van der Waals surface area contributed by atoms with Gasteiger partial charge in [-0.3, -0.25) is 4.79 Å². The summed E-state index contributed by atoms with van der Waals surface area (Å²) in [5.41, 5.74) is 1.26. The third kappa shape index (κ3) is 3.21. The minimum absolute atomic E-state index is 0.0848. The summed E-state index contributed by atoms with van der Waals surface area (Å²) >= 11 is 0. The zero-order chi connectivity index (χ0) is 18.0. The van der Waals surface area contributed by atoms with Gasteiger partial charge in [-0.15, -0.1) is 0 Å². The summed E-state index contributed by atoms with van der Waals surface area (Å²) in [5.74, 6) is 2.02. The summed E-state index contributed by atoms with van der Waals surface area (Å²) in [4.78, 5) is 15.1. The molecule has 1 atom stereocenters. The molecule has 3 rings (SSSR count). The Kier molecular flexibility index (Phi) is 4.97. The topological polar surface area (TPSA) is 64.8 Å². The second kappa shape index (κ2) is 7.17. The van der Waals surface area contributed by atoms with E-state index in [9.17, 15) is 4.79 Å².